The van der Waals surface area contributed by atoms with Crippen LogP contribution in [0.4, 0.5) is 5.69 Å². The summed E-state index contributed by atoms with van der Waals surface area (Å²) in [6.07, 6.45) is 1.70. The summed E-state index contributed by atoms with van der Waals surface area (Å²) < 4.78 is 6.57. The van der Waals surface area contributed by atoms with E-state index in [9.17, 15) is 4.79 Å². The maximum Gasteiger partial charge on any atom is 0.274 e. The molecule has 1 aliphatic rings. The van der Waals surface area contributed by atoms with E-state index in [1.807, 2.05) is 52.0 Å². The molecule has 1 saturated heterocycles. The molecule has 6 nitrogen and oxygen atoms in total. The molecule has 4 N–H and O–H groups in total. The second kappa shape index (κ2) is 7.31. The van der Waals surface area contributed by atoms with Crippen LogP contribution in [0, 0.1) is 13.8 Å². The second-order valence-electron chi connectivity index (χ2n) is 7.73. The summed E-state index contributed by atoms with van der Waals surface area (Å²) in [5.41, 5.74) is 9.07. The van der Waals surface area contributed by atoms with Crippen LogP contribution in [0.5, 0.6) is 0 Å². The molecule has 1 aromatic heterocycles. The Morgan fingerprint density at radius 2 is 2.00 bits per heavy atom. The molecule has 7 heteroatoms. The third kappa shape index (κ3) is 4.55. The third-order valence-corrected chi connectivity index (χ3v) is 5.03. The summed E-state index contributed by atoms with van der Waals surface area (Å²) in [4.78, 5) is 16.9. The number of nitrogens with one attached hydrogen (secondary N) is 2. The summed E-state index contributed by atoms with van der Waals surface area (Å²) in [6, 6.07) is 7.74. The van der Waals surface area contributed by atoms with Crippen LogP contribution in [0.2, 0.25) is 0 Å². The number of hydrogen-bond acceptors (Lipinski definition) is 5. The van der Waals surface area contributed by atoms with Crippen LogP contribution in [-0.4, -0.2) is 29.8 Å². The molecule has 0 spiro atoms. The molecule has 2 aromatic rings. The highest BCUT2D eigenvalue weighted by atomic mass is 79.9. The van der Waals surface area contributed by atoms with Crippen molar-refractivity contribution >= 4 is 27.5 Å². The number of aromatic nitrogens is 1. The van der Waals surface area contributed by atoms with E-state index in [-0.39, 0.29) is 5.91 Å². The van der Waals surface area contributed by atoms with Gasteiger partial charge < -0.3 is 15.8 Å². The fourth-order valence-corrected chi connectivity index (χ4v) is 3.94. The molecule has 0 aliphatic carbocycles. The number of rotatable bonds is 3. The number of benzene rings is 1. The number of amides is 1. The van der Waals surface area contributed by atoms with Gasteiger partial charge in [0.25, 0.3) is 5.91 Å². The largest absolute Gasteiger partial charge is 0.376 e. The van der Waals surface area contributed by atoms with Crippen molar-refractivity contribution < 1.29 is 9.53 Å². The van der Waals surface area contributed by atoms with Crippen LogP contribution in [0.15, 0.2) is 34.9 Å². The molecule has 27 heavy (non-hydrogen) atoms. The predicted molar refractivity (Wildman–Crippen MR) is 110 cm³/mol. The SMILES string of the molecule is Cc1cnc(C(=O)Nc2cc(Br)cc([C@]3(C)COCC(C)(N)N3)c2)c(C)c1. The monoisotopic (exact) mass is 432 g/mol. The van der Waals surface area contributed by atoms with E-state index >= 15 is 0 Å². The molecule has 0 bridgehead atoms. The van der Waals surface area contributed by atoms with E-state index in [2.05, 4.69) is 31.5 Å². The molecule has 3 rings (SSSR count). The normalized spacial score (nSPS) is 25.3. The average Bonchev–Trinajstić information content (AvgIpc) is 2.52. The number of carbonyl (C=O) groups is 1. The smallest absolute Gasteiger partial charge is 0.274 e. The van der Waals surface area contributed by atoms with Gasteiger partial charge >= 0.3 is 0 Å². The Morgan fingerprint density at radius 3 is 2.67 bits per heavy atom. The Balaban J connectivity index is 1.88. The van der Waals surface area contributed by atoms with Crippen molar-refractivity contribution in [2.75, 3.05) is 18.5 Å². The summed E-state index contributed by atoms with van der Waals surface area (Å²) >= 11 is 3.54. The minimum absolute atomic E-state index is 0.238. The lowest BCUT2D eigenvalue weighted by molar-refractivity contribution is -0.0309. The summed E-state index contributed by atoms with van der Waals surface area (Å²) in [5, 5.41) is 6.39. The number of morpholine rings is 1. The number of nitrogens with zero attached hydrogens (tertiary/aromatic N) is 1. The lowest BCUT2D eigenvalue weighted by atomic mass is 9.89. The van der Waals surface area contributed by atoms with Crippen molar-refractivity contribution in [2.45, 2.75) is 38.9 Å². The number of ether oxygens (including phenoxy) is 1. The minimum atomic E-state index is -0.623. The highest BCUT2D eigenvalue weighted by Gasteiger charge is 2.38. The molecule has 1 unspecified atom stereocenters. The maximum atomic E-state index is 12.7. The van der Waals surface area contributed by atoms with Crippen LogP contribution in [0.1, 0.15) is 41.0 Å². The van der Waals surface area contributed by atoms with E-state index in [0.29, 0.717) is 24.6 Å². The molecule has 0 saturated carbocycles. The van der Waals surface area contributed by atoms with Crippen molar-refractivity contribution in [3.05, 3.63) is 57.3 Å². The third-order valence-electron chi connectivity index (χ3n) is 4.58. The maximum absolute atomic E-state index is 12.7. The lowest BCUT2D eigenvalue weighted by Crippen LogP contribution is -2.66. The van der Waals surface area contributed by atoms with Crippen LogP contribution in [0.25, 0.3) is 0 Å². The first-order valence-electron chi connectivity index (χ1n) is 8.80. The molecule has 0 radical (unpaired) electrons. The first kappa shape index (κ1) is 19.9. The number of hydrogen-bond donors (Lipinski definition) is 3. The number of halogens is 1. The number of anilines is 1. The molecule has 1 aliphatic heterocycles. The average molecular weight is 433 g/mol. The molecule has 2 atom stereocenters. The van der Waals surface area contributed by atoms with Gasteiger partial charge in [-0.2, -0.15) is 0 Å². The van der Waals surface area contributed by atoms with E-state index in [4.69, 9.17) is 10.5 Å². The fraction of sp³-hybridized carbons (Fsp3) is 0.400. The van der Waals surface area contributed by atoms with E-state index in [1.165, 1.54) is 0 Å². The number of carbonyl (C=O) groups excluding carboxylic acids is 1. The van der Waals surface area contributed by atoms with Crippen LogP contribution in [0.3, 0.4) is 0 Å². The predicted octanol–water partition coefficient (Wildman–Crippen LogP) is 3.22. The molecular weight excluding hydrogens is 408 g/mol. The Morgan fingerprint density at radius 1 is 1.26 bits per heavy atom. The van der Waals surface area contributed by atoms with Crippen LogP contribution >= 0.6 is 15.9 Å². The van der Waals surface area contributed by atoms with Crippen LogP contribution in [-0.2, 0) is 10.3 Å². The fourth-order valence-electron chi connectivity index (χ4n) is 3.45. The van der Waals surface area contributed by atoms with Crippen molar-refractivity contribution in [1.82, 2.24) is 10.3 Å². The molecule has 144 valence electrons. The Kier molecular flexibility index (Phi) is 5.40. The zero-order chi connectivity index (χ0) is 19.8. The second-order valence-corrected chi connectivity index (χ2v) is 8.64. The van der Waals surface area contributed by atoms with Gasteiger partial charge in [-0.15, -0.1) is 0 Å². The van der Waals surface area contributed by atoms with Gasteiger partial charge in [0.1, 0.15) is 5.69 Å². The van der Waals surface area contributed by atoms with Gasteiger partial charge in [-0.1, -0.05) is 22.0 Å². The Labute approximate surface area is 168 Å². The van der Waals surface area contributed by atoms with Gasteiger partial charge in [0.05, 0.1) is 24.4 Å². The van der Waals surface area contributed by atoms with E-state index < -0.39 is 11.2 Å². The highest BCUT2D eigenvalue weighted by molar-refractivity contribution is 9.10. The highest BCUT2D eigenvalue weighted by Crippen LogP contribution is 2.31. The van der Waals surface area contributed by atoms with Gasteiger partial charge in [0.2, 0.25) is 0 Å². The van der Waals surface area contributed by atoms with Crippen molar-refractivity contribution in [3.63, 3.8) is 0 Å². The minimum Gasteiger partial charge on any atom is -0.376 e. The first-order chi connectivity index (χ1) is 12.6. The molecule has 2 heterocycles. The van der Waals surface area contributed by atoms with Crippen molar-refractivity contribution in [2.24, 2.45) is 5.73 Å². The molecule has 1 amide bonds. The van der Waals surface area contributed by atoms with Gasteiger partial charge in [-0.3, -0.25) is 15.1 Å². The number of nitrogens with two attached hydrogens (primary N) is 1. The summed E-state index contributed by atoms with van der Waals surface area (Å²) in [5.74, 6) is -0.238. The Hall–Kier alpha value is -1.80. The molecule has 1 aromatic carbocycles. The van der Waals surface area contributed by atoms with Gasteiger partial charge in [-0.25, -0.2) is 0 Å². The number of aryl methyl sites for hydroxylation is 2. The molecular formula is C20H25BrN4O2. The van der Waals surface area contributed by atoms with Gasteiger partial charge in [0.15, 0.2) is 0 Å². The van der Waals surface area contributed by atoms with Crippen LogP contribution < -0.4 is 16.4 Å². The van der Waals surface area contributed by atoms with Crippen molar-refractivity contribution in [3.8, 4) is 0 Å². The van der Waals surface area contributed by atoms with Crippen molar-refractivity contribution in [1.29, 1.82) is 0 Å². The summed E-state index contributed by atoms with van der Waals surface area (Å²) in [7, 11) is 0. The first-order valence-corrected chi connectivity index (χ1v) is 9.59. The Bertz CT molecular complexity index is 884. The van der Waals surface area contributed by atoms with Gasteiger partial charge in [-0.05, 0) is 62.6 Å². The van der Waals surface area contributed by atoms with Gasteiger partial charge in [0, 0.05) is 16.4 Å². The zero-order valence-corrected chi connectivity index (χ0v) is 17.6. The molecule has 1 fully saturated rings. The number of pyridine rings is 1. The van der Waals surface area contributed by atoms with E-state index in [1.54, 1.807) is 6.20 Å². The van der Waals surface area contributed by atoms with E-state index in [0.717, 1.165) is 21.2 Å². The quantitative estimate of drug-likeness (QED) is 0.692. The standard InChI is InChI=1S/C20H25BrN4O2/c1-12-5-13(2)17(23-9-12)18(26)24-16-7-14(6-15(21)8-16)19(3)10-27-11-20(4,22)25-19/h5-9,25H,10-11,22H2,1-4H3,(H,24,26)/t19-,20?/m0/s1. The lowest BCUT2D eigenvalue weighted by Gasteiger charge is -2.44. The summed E-state index contributed by atoms with van der Waals surface area (Å²) in [6.45, 7) is 8.70. The zero-order valence-electron chi connectivity index (χ0n) is 16.0. The topological polar surface area (TPSA) is 89.3 Å².